The zero-order valence-electron chi connectivity index (χ0n) is 12.8. The number of carboxylic acid groups (broad SMARTS) is 1. The maximum atomic E-state index is 11.7. The van der Waals surface area contributed by atoms with Crippen molar-refractivity contribution in [2.45, 2.75) is 27.7 Å². The monoisotopic (exact) mass is 295 g/mol. The Bertz CT molecular complexity index is 517. The summed E-state index contributed by atoms with van der Waals surface area (Å²) in [6.45, 7) is 7.97. The summed E-state index contributed by atoms with van der Waals surface area (Å²) in [5.41, 5.74) is 0.762. The van der Waals surface area contributed by atoms with Crippen LogP contribution in [-0.4, -0.2) is 46.7 Å². The predicted octanol–water partition coefficient (Wildman–Crippen LogP) is 1.51. The summed E-state index contributed by atoms with van der Waals surface area (Å²) in [7, 11) is 0. The number of esters is 1. The zero-order valence-corrected chi connectivity index (χ0v) is 12.8. The first-order chi connectivity index (χ1) is 9.85. The van der Waals surface area contributed by atoms with Gasteiger partial charge < -0.3 is 14.7 Å². The summed E-state index contributed by atoms with van der Waals surface area (Å²) in [4.78, 5) is 32.5. The van der Waals surface area contributed by atoms with Crippen molar-refractivity contribution in [3.8, 4) is 0 Å². The highest BCUT2D eigenvalue weighted by Crippen LogP contribution is 2.14. The molecule has 0 saturated carbocycles. The Morgan fingerprint density at radius 3 is 2.57 bits per heavy atom. The van der Waals surface area contributed by atoms with Gasteiger partial charge in [0.05, 0.1) is 17.9 Å². The summed E-state index contributed by atoms with van der Waals surface area (Å²) >= 11 is 0. The van der Waals surface area contributed by atoms with Crippen LogP contribution in [0.5, 0.6) is 0 Å². The molecule has 0 amide bonds. The molecular weight excluding hydrogens is 274 g/mol. The second-order valence-electron chi connectivity index (χ2n) is 5.06. The van der Waals surface area contributed by atoms with E-state index in [9.17, 15) is 9.59 Å². The molecule has 0 aliphatic carbocycles. The average Bonchev–Trinajstić information content (AvgIpc) is 2.36. The first kappa shape index (κ1) is 16.9. The summed E-state index contributed by atoms with van der Waals surface area (Å²) in [6.07, 6.45) is 1.38. The van der Waals surface area contributed by atoms with Crippen molar-refractivity contribution in [1.82, 2.24) is 9.97 Å². The van der Waals surface area contributed by atoms with Crippen molar-refractivity contribution in [3.63, 3.8) is 0 Å². The van der Waals surface area contributed by atoms with Crippen molar-refractivity contribution in [1.29, 1.82) is 0 Å². The molecule has 116 valence electrons. The fourth-order valence-electron chi connectivity index (χ4n) is 1.84. The van der Waals surface area contributed by atoms with Crippen LogP contribution >= 0.6 is 0 Å². The van der Waals surface area contributed by atoms with E-state index in [4.69, 9.17) is 9.84 Å². The minimum absolute atomic E-state index is 0.184. The molecule has 1 heterocycles. The van der Waals surface area contributed by atoms with Crippen LogP contribution in [0.15, 0.2) is 6.20 Å². The Morgan fingerprint density at radius 1 is 1.43 bits per heavy atom. The molecule has 0 saturated heterocycles. The Hall–Kier alpha value is -2.18. The molecule has 0 aliphatic rings. The summed E-state index contributed by atoms with van der Waals surface area (Å²) in [6, 6.07) is 0. The predicted molar refractivity (Wildman–Crippen MR) is 77.4 cm³/mol. The maximum Gasteiger partial charge on any atom is 0.341 e. The topological polar surface area (TPSA) is 92.6 Å². The lowest BCUT2D eigenvalue weighted by Crippen LogP contribution is -2.34. The number of carbonyl (C=O) groups is 2. The Labute approximate surface area is 124 Å². The molecule has 1 rings (SSSR count). The minimum Gasteiger partial charge on any atom is -0.480 e. The zero-order chi connectivity index (χ0) is 16.0. The van der Waals surface area contributed by atoms with Crippen LogP contribution in [0.25, 0.3) is 0 Å². The summed E-state index contributed by atoms with van der Waals surface area (Å²) in [5, 5.41) is 8.97. The fraction of sp³-hybridized carbons (Fsp3) is 0.571. The molecule has 7 nitrogen and oxygen atoms in total. The first-order valence-corrected chi connectivity index (χ1v) is 6.82. The van der Waals surface area contributed by atoms with E-state index in [1.54, 1.807) is 18.7 Å². The van der Waals surface area contributed by atoms with Gasteiger partial charge in [-0.25, -0.2) is 14.8 Å². The number of carbonyl (C=O) groups excluding carboxylic acids is 1. The number of ether oxygens (including phenoxy) is 1. The van der Waals surface area contributed by atoms with Gasteiger partial charge in [0.2, 0.25) is 5.95 Å². The average molecular weight is 295 g/mol. The lowest BCUT2D eigenvalue weighted by Gasteiger charge is -2.23. The van der Waals surface area contributed by atoms with Crippen molar-refractivity contribution < 1.29 is 19.4 Å². The van der Waals surface area contributed by atoms with Gasteiger partial charge in [0.1, 0.15) is 6.54 Å². The molecule has 1 aromatic rings. The van der Waals surface area contributed by atoms with Crippen LogP contribution in [0.3, 0.4) is 0 Å². The Kier molecular flexibility index (Phi) is 6.08. The number of hydrogen-bond acceptors (Lipinski definition) is 6. The number of rotatable bonds is 7. The standard InChI is InChI=1S/C14H21N3O4/c1-5-21-13(20)11-6-15-14(16-10(11)4)17(7-9(2)3)8-12(18)19/h6,9H,5,7-8H2,1-4H3,(H,18,19). The smallest absolute Gasteiger partial charge is 0.341 e. The maximum absolute atomic E-state index is 11.7. The van der Waals surface area contributed by atoms with Gasteiger partial charge in [-0.15, -0.1) is 0 Å². The summed E-state index contributed by atoms with van der Waals surface area (Å²) in [5.74, 6) is -0.865. The van der Waals surface area contributed by atoms with Crippen molar-refractivity contribution >= 4 is 17.9 Å². The normalized spacial score (nSPS) is 10.5. The first-order valence-electron chi connectivity index (χ1n) is 6.82. The third-order valence-corrected chi connectivity index (χ3v) is 2.66. The van der Waals surface area contributed by atoms with E-state index >= 15 is 0 Å². The second-order valence-corrected chi connectivity index (χ2v) is 5.06. The molecule has 21 heavy (non-hydrogen) atoms. The van der Waals surface area contributed by atoms with Crippen LogP contribution in [0.2, 0.25) is 0 Å². The molecule has 0 spiro atoms. The molecular formula is C14H21N3O4. The highest BCUT2D eigenvalue weighted by Gasteiger charge is 2.18. The van der Waals surface area contributed by atoms with Gasteiger partial charge in [0, 0.05) is 12.7 Å². The van der Waals surface area contributed by atoms with Gasteiger partial charge in [-0.3, -0.25) is 4.79 Å². The Morgan fingerprint density at radius 2 is 2.10 bits per heavy atom. The molecule has 0 unspecified atom stereocenters. The van der Waals surface area contributed by atoms with Crippen molar-refractivity contribution in [2.75, 3.05) is 24.6 Å². The van der Waals surface area contributed by atoms with Gasteiger partial charge in [-0.2, -0.15) is 0 Å². The molecule has 1 aromatic heterocycles. The lowest BCUT2D eigenvalue weighted by molar-refractivity contribution is -0.135. The van der Waals surface area contributed by atoms with Gasteiger partial charge in [0.25, 0.3) is 0 Å². The van der Waals surface area contributed by atoms with Crippen molar-refractivity contribution in [2.24, 2.45) is 5.92 Å². The highest BCUT2D eigenvalue weighted by molar-refractivity contribution is 5.90. The quantitative estimate of drug-likeness (QED) is 0.762. The van der Waals surface area contributed by atoms with Gasteiger partial charge in [-0.05, 0) is 19.8 Å². The van der Waals surface area contributed by atoms with E-state index in [0.717, 1.165) is 0 Å². The number of aryl methyl sites for hydroxylation is 1. The van der Waals surface area contributed by atoms with Crippen LogP contribution < -0.4 is 4.90 Å². The summed E-state index contributed by atoms with van der Waals surface area (Å²) < 4.78 is 4.91. The Balaban J connectivity index is 3.02. The number of aromatic nitrogens is 2. The molecule has 0 aliphatic heterocycles. The lowest BCUT2D eigenvalue weighted by atomic mass is 10.2. The van der Waals surface area contributed by atoms with Gasteiger partial charge in [0.15, 0.2) is 0 Å². The van der Waals surface area contributed by atoms with E-state index in [1.807, 2.05) is 13.8 Å². The molecule has 0 atom stereocenters. The number of nitrogens with zero attached hydrogens (tertiary/aromatic N) is 3. The minimum atomic E-state index is -0.952. The molecule has 0 fully saturated rings. The highest BCUT2D eigenvalue weighted by atomic mass is 16.5. The third-order valence-electron chi connectivity index (χ3n) is 2.66. The molecule has 0 bridgehead atoms. The molecule has 0 radical (unpaired) electrons. The molecule has 0 aromatic carbocycles. The van der Waals surface area contributed by atoms with Gasteiger partial charge >= 0.3 is 11.9 Å². The van der Waals surface area contributed by atoms with Crippen molar-refractivity contribution in [3.05, 3.63) is 17.5 Å². The number of hydrogen-bond donors (Lipinski definition) is 1. The van der Waals surface area contributed by atoms with Gasteiger partial charge in [-0.1, -0.05) is 13.8 Å². The van der Waals surface area contributed by atoms with Crippen LogP contribution in [0, 0.1) is 12.8 Å². The van der Waals surface area contributed by atoms with Crippen LogP contribution in [-0.2, 0) is 9.53 Å². The number of carboxylic acids is 1. The van der Waals surface area contributed by atoms with Crippen LogP contribution in [0.4, 0.5) is 5.95 Å². The number of aliphatic carboxylic acids is 1. The van der Waals surface area contributed by atoms with E-state index in [0.29, 0.717) is 23.8 Å². The van der Waals surface area contributed by atoms with E-state index in [1.165, 1.54) is 6.20 Å². The SMILES string of the molecule is CCOC(=O)c1cnc(N(CC(=O)O)CC(C)C)nc1C. The fourth-order valence-corrected chi connectivity index (χ4v) is 1.84. The van der Waals surface area contributed by atoms with Crippen LogP contribution in [0.1, 0.15) is 36.8 Å². The molecule has 7 heteroatoms. The van der Waals surface area contributed by atoms with E-state index in [-0.39, 0.29) is 19.1 Å². The number of anilines is 1. The third kappa shape index (κ3) is 5.02. The second kappa shape index (κ2) is 7.56. The van der Waals surface area contributed by atoms with E-state index in [2.05, 4.69) is 9.97 Å². The largest absolute Gasteiger partial charge is 0.480 e. The molecule has 1 N–H and O–H groups in total. The van der Waals surface area contributed by atoms with E-state index < -0.39 is 11.9 Å².